The van der Waals surface area contributed by atoms with Crippen molar-refractivity contribution in [3.63, 3.8) is 0 Å². The Hall–Kier alpha value is 2.78. The zero-order chi connectivity index (χ0) is 4.50. The van der Waals surface area contributed by atoms with E-state index in [0.29, 0.717) is 0 Å². The van der Waals surface area contributed by atoms with E-state index in [-0.39, 0.29) is 75.5 Å². The van der Waals surface area contributed by atoms with Gasteiger partial charge >= 0.3 is 84.6 Å². The summed E-state index contributed by atoms with van der Waals surface area (Å²) in [5.41, 5.74) is 0. The molecule has 0 unspecified atom stereocenters. The molecule has 0 heterocycles. The topological polar surface area (TPSA) is 54.4 Å². The molecular formula is H6Ca2O3S2. The van der Waals surface area contributed by atoms with Gasteiger partial charge in [-0.3, -0.25) is 4.55 Å². The van der Waals surface area contributed by atoms with E-state index in [0.717, 1.165) is 0 Å². The summed E-state index contributed by atoms with van der Waals surface area (Å²) in [5, 5.41) is 0. The van der Waals surface area contributed by atoms with Crippen LogP contribution in [0, 0.1) is 0 Å². The molecule has 7 heteroatoms. The molecule has 0 aromatic rings. The summed E-state index contributed by atoms with van der Waals surface area (Å²) in [5.74, 6) is 0. The van der Waals surface area contributed by atoms with Gasteiger partial charge in [-0.1, -0.05) is 0 Å². The van der Waals surface area contributed by atoms with Crippen LogP contribution in [-0.2, 0) is 9.15 Å². The van der Waals surface area contributed by atoms with Gasteiger partial charge in [0.2, 0.25) is 0 Å². The van der Waals surface area contributed by atoms with Gasteiger partial charge in [0.1, 0.15) is 0 Å². The fourth-order valence-electron chi connectivity index (χ4n) is 0. The van der Waals surface area contributed by atoms with Gasteiger partial charge in [0.05, 0.1) is 0 Å². The van der Waals surface area contributed by atoms with Crippen molar-refractivity contribution in [2.75, 3.05) is 0 Å². The van der Waals surface area contributed by atoms with E-state index >= 15 is 0 Å². The number of thiol groups is 1. The van der Waals surface area contributed by atoms with E-state index in [1.165, 1.54) is 0 Å². The molecule has 0 aliphatic rings. The molecule has 40 valence electrons. The second-order valence-corrected chi connectivity index (χ2v) is 2.73. The van der Waals surface area contributed by atoms with Gasteiger partial charge in [0.15, 0.2) is 0 Å². The summed E-state index contributed by atoms with van der Waals surface area (Å²) in [6, 6.07) is 0. The Bertz CT molecular complexity index is 94.1. The summed E-state index contributed by atoms with van der Waals surface area (Å²) in [7, 11) is -3.97. The standard InChI is InChI=1S/2Ca.H2O3S2.4H/c;;1-5(2,3)4;;;;/h;;(H2,1,2,3,4);;;;. The monoisotopic (exact) mass is 198 g/mol. The van der Waals surface area contributed by atoms with E-state index in [1.807, 2.05) is 0 Å². The Morgan fingerprint density at radius 1 is 1.29 bits per heavy atom. The average Bonchev–Trinajstić information content (AvgIpc) is 0.722. The van der Waals surface area contributed by atoms with Crippen LogP contribution in [0.15, 0.2) is 0 Å². The van der Waals surface area contributed by atoms with E-state index in [1.54, 1.807) is 0 Å². The summed E-state index contributed by atoms with van der Waals surface area (Å²) >= 11 is 2.65. The average molecular weight is 198 g/mol. The maximum atomic E-state index is 9.05. The van der Waals surface area contributed by atoms with Gasteiger partial charge in [-0.25, -0.2) is 0 Å². The van der Waals surface area contributed by atoms with Crippen LogP contribution in [0.2, 0.25) is 0 Å². The van der Waals surface area contributed by atoms with E-state index in [4.69, 9.17) is 13.0 Å². The zero-order valence-electron chi connectivity index (χ0n) is 2.12. The van der Waals surface area contributed by atoms with Crippen molar-refractivity contribution in [2.24, 2.45) is 0 Å². The molecule has 0 aliphatic heterocycles. The SMILES string of the molecule is O=S(=O)(O)S.[CaH2].[CaH2]. The first-order valence-electron chi connectivity index (χ1n) is 0.698. The fraction of sp³-hybridized carbons (Fsp3) is 0. The molecule has 0 atom stereocenters. The van der Waals surface area contributed by atoms with Crippen LogP contribution < -0.4 is 0 Å². The van der Waals surface area contributed by atoms with Crippen LogP contribution in [0.3, 0.4) is 0 Å². The second kappa shape index (κ2) is 6.89. The predicted octanol–water partition coefficient (Wildman–Crippen LogP) is -2.11. The van der Waals surface area contributed by atoms with Crippen LogP contribution >= 0.6 is 11.7 Å². The fourth-order valence-corrected chi connectivity index (χ4v) is 0. The normalized spacial score (nSPS) is 8.29. The van der Waals surface area contributed by atoms with Crippen molar-refractivity contribution in [2.45, 2.75) is 0 Å². The van der Waals surface area contributed by atoms with Gasteiger partial charge in [0, 0.05) is 0 Å². The zero-order valence-corrected chi connectivity index (χ0v) is 3.83. The predicted molar refractivity (Wildman–Crippen MR) is 37.6 cm³/mol. The molecule has 0 fully saturated rings. The Kier molecular flexibility index (Phi) is 16.2. The Labute approximate surface area is 107 Å². The van der Waals surface area contributed by atoms with Gasteiger partial charge in [-0.2, -0.15) is 8.42 Å². The van der Waals surface area contributed by atoms with Crippen molar-refractivity contribution in [3.05, 3.63) is 0 Å². The number of rotatable bonds is 0. The molecule has 0 aromatic carbocycles. The van der Waals surface area contributed by atoms with Crippen molar-refractivity contribution < 1.29 is 13.0 Å². The maximum absolute atomic E-state index is 9.05. The Morgan fingerprint density at radius 2 is 1.29 bits per heavy atom. The quantitative estimate of drug-likeness (QED) is 0.203. The van der Waals surface area contributed by atoms with E-state index in [9.17, 15) is 0 Å². The summed E-state index contributed by atoms with van der Waals surface area (Å²) in [4.78, 5) is 0. The third-order valence-corrected chi connectivity index (χ3v) is 0. The Morgan fingerprint density at radius 3 is 1.29 bits per heavy atom. The van der Waals surface area contributed by atoms with Crippen molar-refractivity contribution in [1.82, 2.24) is 0 Å². The van der Waals surface area contributed by atoms with Crippen LogP contribution in [0.25, 0.3) is 0 Å². The molecule has 0 amide bonds. The molecule has 0 saturated heterocycles. The summed E-state index contributed by atoms with van der Waals surface area (Å²) in [6.45, 7) is 0. The van der Waals surface area contributed by atoms with Crippen molar-refractivity contribution >= 4 is 96.3 Å². The molecule has 3 nitrogen and oxygen atoms in total. The minimum absolute atomic E-state index is 0. The second-order valence-electron chi connectivity index (χ2n) is 0.448. The van der Waals surface area contributed by atoms with E-state index in [2.05, 4.69) is 11.7 Å². The van der Waals surface area contributed by atoms with Gasteiger partial charge in [-0.15, -0.1) is 0 Å². The molecule has 0 aromatic heterocycles. The van der Waals surface area contributed by atoms with Crippen LogP contribution in [0.5, 0.6) is 0 Å². The molecule has 0 saturated carbocycles. The molecule has 0 spiro atoms. The molecule has 7 heavy (non-hydrogen) atoms. The number of hydrogen-bond acceptors (Lipinski definition) is 2. The van der Waals surface area contributed by atoms with Crippen molar-refractivity contribution in [3.8, 4) is 0 Å². The van der Waals surface area contributed by atoms with Crippen LogP contribution in [0.4, 0.5) is 0 Å². The molecule has 0 rings (SSSR count). The summed E-state index contributed by atoms with van der Waals surface area (Å²) in [6.07, 6.45) is 0. The van der Waals surface area contributed by atoms with Crippen LogP contribution in [-0.4, -0.2) is 88.4 Å². The first-order chi connectivity index (χ1) is 2.00. The van der Waals surface area contributed by atoms with Gasteiger partial charge in [0.25, 0.3) is 0 Å². The third kappa shape index (κ3) is 52.2. The van der Waals surface area contributed by atoms with Crippen LogP contribution in [0.1, 0.15) is 0 Å². The molecular weight excluding hydrogens is 192 g/mol. The number of hydrogen-bond donors (Lipinski definition) is 2. The van der Waals surface area contributed by atoms with Crippen molar-refractivity contribution in [1.29, 1.82) is 0 Å². The Balaban J connectivity index is -0.0000000800. The van der Waals surface area contributed by atoms with Gasteiger partial charge < -0.3 is 0 Å². The minimum atomic E-state index is -3.97. The van der Waals surface area contributed by atoms with Gasteiger partial charge in [-0.05, 0) is 11.7 Å². The molecule has 0 aliphatic carbocycles. The first kappa shape index (κ1) is 16.4. The molecule has 0 radical (unpaired) electrons. The first-order valence-corrected chi connectivity index (χ1v) is 3.19. The molecule has 1 N–H and O–H groups in total. The summed E-state index contributed by atoms with van der Waals surface area (Å²) < 4.78 is 25.5. The third-order valence-electron chi connectivity index (χ3n) is 0. The van der Waals surface area contributed by atoms with E-state index < -0.39 is 9.15 Å². The molecule has 0 bridgehead atoms.